The van der Waals surface area contributed by atoms with E-state index in [2.05, 4.69) is 41.3 Å². The summed E-state index contributed by atoms with van der Waals surface area (Å²) in [5, 5.41) is 3.51. The number of hydrogen-bond acceptors (Lipinski definition) is 3. The molecule has 0 spiro atoms. The molecule has 1 N–H and O–H groups in total. The van der Waals surface area contributed by atoms with Gasteiger partial charge in [-0.15, -0.1) is 6.42 Å². The highest BCUT2D eigenvalue weighted by atomic mass is 16.5. The molecule has 0 radical (unpaired) electrons. The summed E-state index contributed by atoms with van der Waals surface area (Å²) in [5.74, 6) is 3.61. The summed E-state index contributed by atoms with van der Waals surface area (Å²) in [6.45, 7) is 6.23. The Balaban J connectivity index is 1.74. The van der Waals surface area contributed by atoms with E-state index in [1.807, 2.05) is 6.07 Å². The zero-order valence-corrected chi connectivity index (χ0v) is 12.3. The molecule has 0 heterocycles. The van der Waals surface area contributed by atoms with Gasteiger partial charge < -0.3 is 10.1 Å². The maximum Gasteiger partial charge on any atom is 0.119 e. The number of benzene rings is 1. The van der Waals surface area contributed by atoms with Crippen molar-refractivity contribution in [3.05, 3.63) is 29.8 Å². The van der Waals surface area contributed by atoms with Gasteiger partial charge in [0.15, 0.2) is 0 Å². The largest absolute Gasteiger partial charge is 0.492 e. The molecule has 2 rings (SSSR count). The highest BCUT2D eigenvalue weighted by Gasteiger charge is 2.19. The minimum Gasteiger partial charge on any atom is -0.492 e. The SMILES string of the molecule is C#CCN(CC)CCOc1cccc(CNC2CC2)c1. The first kappa shape index (κ1) is 14.9. The summed E-state index contributed by atoms with van der Waals surface area (Å²) in [5.41, 5.74) is 1.28. The molecule has 108 valence electrons. The van der Waals surface area contributed by atoms with Crippen LogP contribution in [0.1, 0.15) is 25.3 Å². The van der Waals surface area contributed by atoms with E-state index in [1.165, 1.54) is 18.4 Å². The Bertz CT molecular complexity index is 449. The molecule has 0 amide bonds. The Morgan fingerprint density at radius 1 is 1.45 bits per heavy atom. The van der Waals surface area contributed by atoms with E-state index in [0.717, 1.165) is 31.4 Å². The Kier molecular flexibility index (Phi) is 5.91. The fourth-order valence-corrected chi connectivity index (χ4v) is 2.07. The lowest BCUT2D eigenvalue weighted by atomic mass is 10.2. The molecule has 1 aliphatic rings. The van der Waals surface area contributed by atoms with E-state index < -0.39 is 0 Å². The molecule has 1 aromatic carbocycles. The van der Waals surface area contributed by atoms with Gasteiger partial charge in [-0.1, -0.05) is 25.0 Å². The zero-order chi connectivity index (χ0) is 14.2. The van der Waals surface area contributed by atoms with Crippen molar-refractivity contribution in [1.82, 2.24) is 10.2 Å². The number of rotatable bonds is 9. The molecule has 1 aromatic rings. The summed E-state index contributed by atoms with van der Waals surface area (Å²) < 4.78 is 5.81. The van der Waals surface area contributed by atoms with E-state index in [9.17, 15) is 0 Å². The molecular formula is C17H24N2O. The molecule has 1 aliphatic carbocycles. The fourth-order valence-electron chi connectivity index (χ4n) is 2.07. The van der Waals surface area contributed by atoms with E-state index in [4.69, 9.17) is 11.2 Å². The lowest BCUT2D eigenvalue weighted by Gasteiger charge is -2.17. The van der Waals surface area contributed by atoms with Crippen molar-refractivity contribution in [2.75, 3.05) is 26.2 Å². The van der Waals surface area contributed by atoms with Crippen LogP contribution in [0.25, 0.3) is 0 Å². The zero-order valence-electron chi connectivity index (χ0n) is 12.3. The van der Waals surface area contributed by atoms with Crippen molar-refractivity contribution in [2.24, 2.45) is 0 Å². The van der Waals surface area contributed by atoms with E-state index >= 15 is 0 Å². The molecular weight excluding hydrogens is 248 g/mol. The number of nitrogens with one attached hydrogen (secondary N) is 1. The second kappa shape index (κ2) is 7.94. The van der Waals surface area contributed by atoms with E-state index in [1.54, 1.807) is 0 Å². The van der Waals surface area contributed by atoms with Crippen LogP contribution >= 0.6 is 0 Å². The Hall–Kier alpha value is -1.50. The standard InChI is InChI=1S/C17H24N2O/c1-3-10-19(4-2)11-12-20-17-7-5-6-15(13-17)14-18-16-8-9-16/h1,5-7,13,16,18H,4,8-12,14H2,2H3. The molecule has 0 aliphatic heterocycles. The van der Waals surface area contributed by atoms with Crippen LogP contribution in [0.5, 0.6) is 5.75 Å². The molecule has 0 aromatic heterocycles. The predicted octanol–water partition coefficient (Wildman–Crippen LogP) is 2.27. The third kappa shape index (κ3) is 5.24. The molecule has 3 nitrogen and oxygen atoms in total. The van der Waals surface area contributed by atoms with Crippen molar-refractivity contribution in [1.29, 1.82) is 0 Å². The molecule has 1 saturated carbocycles. The molecule has 3 heteroatoms. The van der Waals surface area contributed by atoms with Crippen LogP contribution < -0.4 is 10.1 Å². The minimum atomic E-state index is 0.676. The second-order valence-electron chi connectivity index (χ2n) is 5.22. The first-order chi connectivity index (χ1) is 9.81. The van der Waals surface area contributed by atoms with Crippen molar-refractivity contribution in [3.8, 4) is 18.1 Å². The molecule has 0 unspecified atom stereocenters. The number of nitrogens with zero attached hydrogens (tertiary/aromatic N) is 1. The van der Waals surface area contributed by atoms with Crippen molar-refractivity contribution in [3.63, 3.8) is 0 Å². The lowest BCUT2D eigenvalue weighted by molar-refractivity contribution is 0.231. The summed E-state index contributed by atoms with van der Waals surface area (Å²) in [4.78, 5) is 2.19. The van der Waals surface area contributed by atoms with Crippen LogP contribution in [-0.4, -0.2) is 37.2 Å². The van der Waals surface area contributed by atoms with Crippen LogP contribution in [0.15, 0.2) is 24.3 Å². The Morgan fingerprint density at radius 2 is 2.30 bits per heavy atom. The highest BCUT2D eigenvalue weighted by Crippen LogP contribution is 2.20. The summed E-state index contributed by atoms with van der Waals surface area (Å²) in [7, 11) is 0. The monoisotopic (exact) mass is 272 g/mol. The minimum absolute atomic E-state index is 0.676. The molecule has 0 bridgehead atoms. The van der Waals surface area contributed by atoms with Gasteiger partial charge in [0.1, 0.15) is 12.4 Å². The molecule has 0 atom stereocenters. The van der Waals surface area contributed by atoms with Gasteiger partial charge in [-0.2, -0.15) is 0 Å². The van der Waals surface area contributed by atoms with Gasteiger partial charge in [0.2, 0.25) is 0 Å². The normalized spacial score (nSPS) is 14.2. The summed E-state index contributed by atoms with van der Waals surface area (Å²) >= 11 is 0. The van der Waals surface area contributed by atoms with Gasteiger partial charge in [-0.25, -0.2) is 0 Å². The van der Waals surface area contributed by atoms with Gasteiger partial charge in [0.25, 0.3) is 0 Å². The van der Waals surface area contributed by atoms with Crippen molar-refractivity contribution in [2.45, 2.75) is 32.4 Å². The summed E-state index contributed by atoms with van der Waals surface area (Å²) in [6.07, 6.45) is 7.97. The number of ether oxygens (including phenoxy) is 1. The van der Waals surface area contributed by atoms with Crippen LogP contribution in [-0.2, 0) is 6.54 Å². The smallest absolute Gasteiger partial charge is 0.119 e. The average molecular weight is 272 g/mol. The predicted molar refractivity (Wildman–Crippen MR) is 82.7 cm³/mol. The van der Waals surface area contributed by atoms with Crippen LogP contribution in [0, 0.1) is 12.3 Å². The fraction of sp³-hybridized carbons (Fsp3) is 0.529. The third-order valence-electron chi connectivity index (χ3n) is 3.51. The first-order valence-corrected chi connectivity index (χ1v) is 7.42. The van der Waals surface area contributed by atoms with Crippen LogP contribution in [0.3, 0.4) is 0 Å². The quantitative estimate of drug-likeness (QED) is 0.698. The van der Waals surface area contributed by atoms with Gasteiger partial charge in [-0.05, 0) is 37.1 Å². The van der Waals surface area contributed by atoms with E-state index in [-0.39, 0.29) is 0 Å². The topological polar surface area (TPSA) is 24.5 Å². The summed E-state index contributed by atoms with van der Waals surface area (Å²) in [6, 6.07) is 9.06. The van der Waals surface area contributed by atoms with Gasteiger partial charge in [-0.3, -0.25) is 4.90 Å². The number of likely N-dealkylation sites (N-methyl/N-ethyl adjacent to an activating group) is 1. The first-order valence-electron chi connectivity index (χ1n) is 7.42. The Morgan fingerprint density at radius 3 is 3.00 bits per heavy atom. The number of terminal acetylenes is 1. The molecule has 20 heavy (non-hydrogen) atoms. The lowest BCUT2D eigenvalue weighted by Crippen LogP contribution is -2.28. The van der Waals surface area contributed by atoms with E-state index in [0.29, 0.717) is 13.2 Å². The third-order valence-corrected chi connectivity index (χ3v) is 3.51. The maximum atomic E-state index is 5.81. The van der Waals surface area contributed by atoms with Gasteiger partial charge in [0.05, 0.1) is 6.54 Å². The molecule has 0 saturated heterocycles. The Labute approximate surface area is 122 Å². The molecule has 1 fully saturated rings. The van der Waals surface area contributed by atoms with Crippen LogP contribution in [0.2, 0.25) is 0 Å². The highest BCUT2D eigenvalue weighted by molar-refractivity contribution is 5.28. The van der Waals surface area contributed by atoms with Crippen LogP contribution in [0.4, 0.5) is 0 Å². The average Bonchev–Trinajstić information content (AvgIpc) is 3.29. The van der Waals surface area contributed by atoms with Crippen molar-refractivity contribution < 1.29 is 4.74 Å². The van der Waals surface area contributed by atoms with Gasteiger partial charge in [0, 0.05) is 19.1 Å². The number of hydrogen-bond donors (Lipinski definition) is 1. The van der Waals surface area contributed by atoms with Crippen molar-refractivity contribution >= 4 is 0 Å². The maximum absolute atomic E-state index is 5.81. The second-order valence-corrected chi connectivity index (χ2v) is 5.22. The van der Waals surface area contributed by atoms with Gasteiger partial charge >= 0.3 is 0 Å².